The second kappa shape index (κ2) is 2.31. The minimum absolute atomic E-state index is 0.112. The SMILES string of the molecule is N#Cn1c(=O)[nH]c2nc[nH]c2c1=O. The third-order valence-corrected chi connectivity index (χ3v) is 1.58. The summed E-state index contributed by atoms with van der Waals surface area (Å²) in [4.78, 5) is 30.8. The zero-order chi connectivity index (χ0) is 9.42. The van der Waals surface area contributed by atoms with E-state index in [-0.39, 0.29) is 11.2 Å². The molecule has 2 heterocycles. The summed E-state index contributed by atoms with van der Waals surface area (Å²) in [5.41, 5.74) is -1.21. The van der Waals surface area contributed by atoms with E-state index >= 15 is 0 Å². The van der Waals surface area contributed by atoms with E-state index in [9.17, 15) is 9.59 Å². The van der Waals surface area contributed by atoms with Crippen LogP contribution in [0.25, 0.3) is 11.2 Å². The van der Waals surface area contributed by atoms with Gasteiger partial charge in [0.1, 0.15) is 0 Å². The van der Waals surface area contributed by atoms with E-state index in [2.05, 4.69) is 15.0 Å². The maximum atomic E-state index is 11.3. The van der Waals surface area contributed by atoms with Crippen molar-refractivity contribution < 1.29 is 0 Å². The molecule has 0 aliphatic carbocycles. The molecule has 0 aliphatic heterocycles. The van der Waals surface area contributed by atoms with E-state index in [1.54, 1.807) is 0 Å². The van der Waals surface area contributed by atoms with E-state index in [0.29, 0.717) is 4.57 Å². The van der Waals surface area contributed by atoms with Gasteiger partial charge in [-0.05, 0) is 0 Å². The van der Waals surface area contributed by atoms with Crippen LogP contribution in [0.5, 0.6) is 0 Å². The molecule has 0 unspecified atom stereocenters. The second-order valence-electron chi connectivity index (χ2n) is 2.30. The minimum Gasteiger partial charge on any atom is -0.339 e. The molecular formula is C6H3N5O2. The molecule has 2 aromatic heterocycles. The Bertz CT molecular complexity index is 610. The van der Waals surface area contributed by atoms with E-state index in [4.69, 9.17) is 5.26 Å². The summed E-state index contributed by atoms with van der Waals surface area (Å²) in [6.45, 7) is 0. The van der Waals surface area contributed by atoms with Crippen LogP contribution in [0.2, 0.25) is 0 Å². The lowest BCUT2D eigenvalue weighted by atomic mass is 10.5. The number of rotatable bonds is 0. The molecule has 0 saturated heterocycles. The molecule has 0 aromatic carbocycles. The number of hydrogen-bond acceptors (Lipinski definition) is 4. The van der Waals surface area contributed by atoms with Crippen LogP contribution in [0, 0.1) is 11.5 Å². The number of nitriles is 1. The molecule has 7 nitrogen and oxygen atoms in total. The van der Waals surface area contributed by atoms with Crippen LogP contribution in [0.4, 0.5) is 0 Å². The van der Waals surface area contributed by atoms with Crippen molar-refractivity contribution in [3.63, 3.8) is 0 Å². The fourth-order valence-electron chi connectivity index (χ4n) is 1.00. The van der Waals surface area contributed by atoms with Gasteiger partial charge in [0.15, 0.2) is 17.4 Å². The summed E-state index contributed by atoms with van der Waals surface area (Å²) in [7, 11) is 0. The quantitative estimate of drug-likeness (QED) is 0.523. The fraction of sp³-hybridized carbons (Fsp3) is 0. The van der Waals surface area contributed by atoms with Gasteiger partial charge < -0.3 is 4.98 Å². The Kier molecular flexibility index (Phi) is 1.30. The van der Waals surface area contributed by atoms with Crippen molar-refractivity contribution in [1.29, 1.82) is 5.26 Å². The highest BCUT2D eigenvalue weighted by Gasteiger charge is 2.07. The zero-order valence-electron chi connectivity index (χ0n) is 6.24. The topological polar surface area (TPSA) is 107 Å². The van der Waals surface area contributed by atoms with Gasteiger partial charge in [0.2, 0.25) is 0 Å². The molecule has 13 heavy (non-hydrogen) atoms. The molecule has 0 atom stereocenters. The van der Waals surface area contributed by atoms with Crippen molar-refractivity contribution in [2.45, 2.75) is 0 Å². The largest absolute Gasteiger partial charge is 0.343 e. The molecule has 2 rings (SSSR count). The summed E-state index contributed by atoms with van der Waals surface area (Å²) < 4.78 is 0.417. The summed E-state index contributed by atoms with van der Waals surface area (Å²) in [6, 6.07) is 0. The molecule has 0 amide bonds. The summed E-state index contributed by atoms with van der Waals surface area (Å²) in [5, 5.41) is 8.45. The maximum absolute atomic E-state index is 11.3. The zero-order valence-corrected chi connectivity index (χ0v) is 6.24. The first-order chi connectivity index (χ1) is 6.24. The molecule has 2 N–H and O–H groups in total. The second-order valence-corrected chi connectivity index (χ2v) is 2.30. The summed E-state index contributed by atoms with van der Waals surface area (Å²) >= 11 is 0. The molecule has 2 aromatic rings. The number of aromatic amines is 2. The van der Waals surface area contributed by atoms with Gasteiger partial charge in [0.25, 0.3) is 5.56 Å². The minimum atomic E-state index is -0.785. The first-order valence-electron chi connectivity index (χ1n) is 3.32. The predicted octanol–water partition coefficient (Wildman–Crippen LogP) is -1.26. The normalized spacial score (nSPS) is 10.1. The van der Waals surface area contributed by atoms with E-state index in [1.165, 1.54) is 12.5 Å². The number of imidazole rings is 1. The lowest BCUT2D eigenvalue weighted by Crippen LogP contribution is -2.32. The van der Waals surface area contributed by atoms with Crippen LogP contribution in [0.3, 0.4) is 0 Å². The van der Waals surface area contributed by atoms with Gasteiger partial charge >= 0.3 is 5.69 Å². The summed E-state index contributed by atoms with van der Waals surface area (Å²) in [5.74, 6) is 0. The average Bonchev–Trinajstić information content (AvgIpc) is 2.53. The van der Waals surface area contributed by atoms with Crippen molar-refractivity contribution in [3.8, 4) is 6.19 Å². The third-order valence-electron chi connectivity index (χ3n) is 1.58. The monoisotopic (exact) mass is 177 g/mol. The molecular weight excluding hydrogens is 174 g/mol. The standard InChI is InChI=1S/C6H3N5O2/c7-1-11-5(12)3-4(9-2-8-3)10-6(11)13/h2H,(H,8,9)(H,10,13). The molecule has 7 heteroatoms. The van der Waals surface area contributed by atoms with Crippen LogP contribution in [0.15, 0.2) is 15.9 Å². The lowest BCUT2D eigenvalue weighted by molar-refractivity contribution is 0.911. The highest BCUT2D eigenvalue weighted by atomic mass is 16.2. The highest BCUT2D eigenvalue weighted by molar-refractivity contribution is 5.67. The van der Waals surface area contributed by atoms with Crippen LogP contribution in [-0.4, -0.2) is 19.5 Å². The highest BCUT2D eigenvalue weighted by Crippen LogP contribution is 1.93. The van der Waals surface area contributed by atoms with E-state index in [1.807, 2.05) is 0 Å². The van der Waals surface area contributed by atoms with Crippen LogP contribution in [0.1, 0.15) is 0 Å². The molecule has 0 spiro atoms. The molecule has 0 radical (unpaired) electrons. The smallest absolute Gasteiger partial charge is 0.339 e. The number of aromatic nitrogens is 4. The van der Waals surface area contributed by atoms with Crippen LogP contribution < -0.4 is 11.2 Å². The van der Waals surface area contributed by atoms with Crippen molar-refractivity contribution in [1.82, 2.24) is 19.5 Å². The molecule has 0 fully saturated rings. The van der Waals surface area contributed by atoms with Crippen LogP contribution in [-0.2, 0) is 0 Å². The fourth-order valence-corrected chi connectivity index (χ4v) is 1.00. The van der Waals surface area contributed by atoms with E-state index in [0.717, 1.165) is 0 Å². The van der Waals surface area contributed by atoms with Crippen molar-refractivity contribution in [2.75, 3.05) is 0 Å². The Morgan fingerprint density at radius 1 is 1.54 bits per heavy atom. The number of nitrogens with one attached hydrogen (secondary N) is 2. The lowest BCUT2D eigenvalue weighted by Gasteiger charge is -1.90. The van der Waals surface area contributed by atoms with Crippen molar-refractivity contribution in [3.05, 3.63) is 27.2 Å². The molecule has 0 aliphatic rings. The average molecular weight is 177 g/mol. The van der Waals surface area contributed by atoms with Gasteiger partial charge in [-0.1, -0.05) is 0 Å². The van der Waals surface area contributed by atoms with Crippen molar-refractivity contribution >= 4 is 11.2 Å². The van der Waals surface area contributed by atoms with Gasteiger partial charge in [-0.2, -0.15) is 9.83 Å². The Labute approximate surface area is 70.3 Å². The first-order valence-corrected chi connectivity index (χ1v) is 3.32. The predicted molar refractivity (Wildman–Crippen MR) is 42.0 cm³/mol. The molecule has 0 bridgehead atoms. The van der Waals surface area contributed by atoms with E-state index < -0.39 is 11.2 Å². The third kappa shape index (κ3) is 0.856. The van der Waals surface area contributed by atoms with Gasteiger partial charge in [-0.25, -0.2) is 9.78 Å². The number of fused-ring (bicyclic) bond motifs is 1. The van der Waals surface area contributed by atoms with Gasteiger partial charge in [0, 0.05) is 0 Å². The van der Waals surface area contributed by atoms with Gasteiger partial charge in [-0.3, -0.25) is 9.78 Å². The first kappa shape index (κ1) is 7.30. The molecule has 64 valence electrons. The Morgan fingerprint density at radius 3 is 3.00 bits per heavy atom. The van der Waals surface area contributed by atoms with Gasteiger partial charge in [-0.15, -0.1) is 0 Å². The Morgan fingerprint density at radius 2 is 2.31 bits per heavy atom. The Balaban J connectivity index is 3.14. The number of hydrogen-bond donors (Lipinski definition) is 2. The molecule has 0 saturated carbocycles. The number of H-pyrrole nitrogens is 2. The van der Waals surface area contributed by atoms with Crippen LogP contribution >= 0.6 is 0 Å². The summed E-state index contributed by atoms with van der Waals surface area (Å²) in [6.07, 6.45) is 2.73. The Hall–Kier alpha value is -2.36. The number of nitrogens with zero attached hydrogens (tertiary/aromatic N) is 3. The maximum Gasteiger partial charge on any atom is 0.343 e. The van der Waals surface area contributed by atoms with Gasteiger partial charge in [0.05, 0.1) is 6.33 Å². The van der Waals surface area contributed by atoms with Crippen molar-refractivity contribution in [2.24, 2.45) is 0 Å².